The van der Waals surface area contributed by atoms with Crippen molar-refractivity contribution in [3.05, 3.63) is 12.2 Å². The third-order valence-electron chi connectivity index (χ3n) is 8.13. The lowest BCUT2D eigenvalue weighted by Gasteiger charge is -2.59. The van der Waals surface area contributed by atoms with Crippen molar-refractivity contribution >= 4 is 11.6 Å². The fourth-order valence-corrected chi connectivity index (χ4v) is 6.90. The fraction of sp³-hybridized carbons (Fsp3) is 0.800. The van der Waals surface area contributed by atoms with Crippen molar-refractivity contribution in [2.24, 2.45) is 34.5 Å². The molecule has 0 radical (unpaired) electrons. The Labute approximate surface area is 138 Å². The van der Waals surface area contributed by atoms with Gasteiger partial charge in [0.1, 0.15) is 11.9 Å². The number of rotatable bonds is 0. The fourth-order valence-electron chi connectivity index (χ4n) is 6.90. The molecule has 0 heterocycles. The van der Waals surface area contributed by atoms with Gasteiger partial charge in [-0.2, -0.15) is 0 Å². The molecular formula is C20H28O3. The van der Waals surface area contributed by atoms with Crippen molar-refractivity contribution in [1.29, 1.82) is 0 Å². The maximum Gasteiger partial charge on any atom is 0.168 e. The maximum atomic E-state index is 12.6. The lowest BCUT2D eigenvalue weighted by Crippen LogP contribution is -2.57. The number of allylic oxidation sites excluding steroid dienone is 1. The number of aliphatic hydroxyl groups is 1. The van der Waals surface area contributed by atoms with Crippen LogP contribution in [-0.4, -0.2) is 22.8 Å². The number of Topliss-reactive ketones (excluding diaryl/α,β-unsaturated/α-hetero) is 2. The molecule has 4 fully saturated rings. The molecule has 1 N–H and O–H groups in total. The molecule has 4 aliphatic carbocycles. The van der Waals surface area contributed by atoms with Gasteiger partial charge in [-0.05, 0) is 61.7 Å². The minimum absolute atomic E-state index is 0.00182. The highest BCUT2D eigenvalue weighted by atomic mass is 16.3. The van der Waals surface area contributed by atoms with Gasteiger partial charge in [-0.3, -0.25) is 9.59 Å². The summed E-state index contributed by atoms with van der Waals surface area (Å²) in [6.45, 7) is 8.69. The quantitative estimate of drug-likeness (QED) is 0.698. The average molecular weight is 316 g/mol. The molecule has 0 amide bonds. The average Bonchev–Trinajstić information content (AvgIpc) is 2.79. The van der Waals surface area contributed by atoms with Gasteiger partial charge in [-0.1, -0.05) is 26.0 Å². The summed E-state index contributed by atoms with van der Waals surface area (Å²) in [5.41, 5.74) is 0.813. The van der Waals surface area contributed by atoms with Gasteiger partial charge in [-0.25, -0.2) is 0 Å². The smallest absolute Gasteiger partial charge is 0.168 e. The normalized spacial score (nSPS) is 52.8. The van der Waals surface area contributed by atoms with E-state index in [1.807, 2.05) is 0 Å². The first-order valence-electron chi connectivity index (χ1n) is 9.22. The third kappa shape index (κ3) is 1.86. The number of fused-ring (bicyclic) bond motifs is 5. The van der Waals surface area contributed by atoms with Crippen molar-refractivity contribution < 1.29 is 14.7 Å². The van der Waals surface area contributed by atoms with E-state index < -0.39 is 6.10 Å². The van der Waals surface area contributed by atoms with Gasteiger partial charge in [0.25, 0.3) is 0 Å². The van der Waals surface area contributed by atoms with Crippen LogP contribution in [0.4, 0.5) is 0 Å². The van der Waals surface area contributed by atoms with E-state index in [1.54, 1.807) is 0 Å². The Balaban J connectivity index is 1.73. The summed E-state index contributed by atoms with van der Waals surface area (Å²) in [6, 6.07) is 0. The van der Waals surface area contributed by atoms with Gasteiger partial charge in [0.05, 0.1) is 0 Å². The van der Waals surface area contributed by atoms with Crippen LogP contribution in [0.1, 0.15) is 58.8 Å². The first-order chi connectivity index (χ1) is 10.8. The number of hydrogen-bond acceptors (Lipinski definition) is 3. The number of ketones is 2. The van der Waals surface area contributed by atoms with Crippen LogP contribution in [0.3, 0.4) is 0 Å². The first-order valence-corrected chi connectivity index (χ1v) is 9.22. The Morgan fingerprint density at radius 3 is 2.57 bits per heavy atom. The molecule has 0 aliphatic heterocycles. The van der Waals surface area contributed by atoms with Crippen LogP contribution >= 0.6 is 0 Å². The van der Waals surface area contributed by atoms with E-state index in [-0.39, 0.29) is 22.5 Å². The zero-order valence-electron chi connectivity index (χ0n) is 14.3. The van der Waals surface area contributed by atoms with Crippen LogP contribution < -0.4 is 0 Å². The van der Waals surface area contributed by atoms with E-state index >= 15 is 0 Å². The van der Waals surface area contributed by atoms with E-state index in [2.05, 4.69) is 20.4 Å². The molecular weight excluding hydrogens is 288 g/mol. The summed E-state index contributed by atoms with van der Waals surface area (Å²) in [5, 5.41) is 10.0. The topological polar surface area (TPSA) is 54.4 Å². The van der Waals surface area contributed by atoms with Gasteiger partial charge in [0, 0.05) is 17.8 Å². The molecule has 4 rings (SSSR count). The van der Waals surface area contributed by atoms with Crippen molar-refractivity contribution in [2.45, 2.75) is 64.9 Å². The van der Waals surface area contributed by atoms with Crippen molar-refractivity contribution in [3.8, 4) is 0 Å². The molecule has 0 bridgehead atoms. The lowest BCUT2D eigenvalue weighted by atomic mass is 9.44. The molecule has 0 aromatic rings. The van der Waals surface area contributed by atoms with Crippen molar-refractivity contribution in [1.82, 2.24) is 0 Å². The molecule has 1 unspecified atom stereocenters. The van der Waals surface area contributed by atoms with Crippen LogP contribution in [-0.2, 0) is 9.59 Å². The summed E-state index contributed by atoms with van der Waals surface area (Å²) in [4.78, 5) is 25.1. The Morgan fingerprint density at radius 2 is 1.83 bits per heavy atom. The standard InChI is InChI=1S/C20H28O3/c1-11-10-12-13-4-5-16(22)19(13,2)8-6-14(12)20(3)9-7-15(21)18(23)17(11)20/h12-15,17,21H,1,4-10H2,2-3H3/t12-,13-,14-,15-,17?,19-,20+/m0/s1. The van der Waals surface area contributed by atoms with Gasteiger partial charge >= 0.3 is 0 Å². The molecule has 0 aromatic heterocycles. The lowest BCUT2D eigenvalue weighted by molar-refractivity contribution is -0.153. The van der Waals surface area contributed by atoms with E-state index in [0.29, 0.717) is 30.0 Å². The molecule has 7 atom stereocenters. The molecule has 3 nitrogen and oxygen atoms in total. The van der Waals surface area contributed by atoms with Crippen LogP contribution in [0.15, 0.2) is 12.2 Å². The van der Waals surface area contributed by atoms with Gasteiger partial charge in [-0.15, -0.1) is 0 Å². The predicted molar refractivity (Wildman–Crippen MR) is 87.7 cm³/mol. The second-order valence-electron chi connectivity index (χ2n) is 9.05. The molecule has 0 aromatic carbocycles. The van der Waals surface area contributed by atoms with Crippen molar-refractivity contribution in [2.75, 3.05) is 0 Å². The maximum absolute atomic E-state index is 12.6. The second kappa shape index (κ2) is 4.78. The van der Waals surface area contributed by atoms with Crippen LogP contribution in [0.25, 0.3) is 0 Å². The van der Waals surface area contributed by atoms with E-state index in [1.165, 1.54) is 0 Å². The molecule has 23 heavy (non-hydrogen) atoms. The minimum Gasteiger partial charge on any atom is -0.385 e. The van der Waals surface area contributed by atoms with Gasteiger partial charge in [0.2, 0.25) is 0 Å². The summed E-state index contributed by atoms with van der Waals surface area (Å²) in [6.07, 6.45) is 5.33. The minimum atomic E-state index is -0.803. The number of carbonyl (C=O) groups is 2. The number of hydrogen-bond donors (Lipinski definition) is 1. The highest BCUT2D eigenvalue weighted by Crippen LogP contribution is 2.65. The Morgan fingerprint density at radius 1 is 1.09 bits per heavy atom. The van der Waals surface area contributed by atoms with Crippen LogP contribution in [0, 0.1) is 34.5 Å². The van der Waals surface area contributed by atoms with Crippen LogP contribution in [0.2, 0.25) is 0 Å². The Kier molecular flexibility index (Phi) is 3.23. The summed E-state index contributed by atoms with van der Waals surface area (Å²) < 4.78 is 0. The molecule has 4 aliphatic rings. The van der Waals surface area contributed by atoms with E-state index in [0.717, 1.165) is 44.1 Å². The van der Waals surface area contributed by atoms with E-state index in [4.69, 9.17) is 0 Å². The zero-order valence-corrected chi connectivity index (χ0v) is 14.3. The predicted octanol–water partition coefficient (Wildman–Crippen LogP) is 3.30. The highest BCUT2D eigenvalue weighted by Gasteiger charge is 2.62. The van der Waals surface area contributed by atoms with Gasteiger partial charge in [0.15, 0.2) is 5.78 Å². The number of carbonyl (C=O) groups excluding carboxylic acids is 2. The monoisotopic (exact) mass is 316 g/mol. The zero-order chi connectivity index (χ0) is 16.6. The first kappa shape index (κ1) is 15.6. The summed E-state index contributed by atoms with van der Waals surface area (Å²) >= 11 is 0. The molecule has 0 spiro atoms. The Bertz CT molecular complexity index is 594. The molecule has 3 heteroatoms. The van der Waals surface area contributed by atoms with E-state index in [9.17, 15) is 14.7 Å². The largest absolute Gasteiger partial charge is 0.385 e. The Hall–Kier alpha value is -0.960. The third-order valence-corrected chi connectivity index (χ3v) is 8.13. The molecule has 0 saturated heterocycles. The second-order valence-corrected chi connectivity index (χ2v) is 9.05. The van der Waals surface area contributed by atoms with Gasteiger partial charge < -0.3 is 5.11 Å². The summed E-state index contributed by atoms with van der Waals surface area (Å²) in [7, 11) is 0. The SMILES string of the molecule is C=C1C[C@@H]2[C@H](CC[C@]3(C)C(=O)CC[C@@H]23)[C@@]2(C)CC[C@H](O)C(=O)C12. The van der Waals surface area contributed by atoms with Crippen LogP contribution in [0.5, 0.6) is 0 Å². The summed E-state index contributed by atoms with van der Waals surface area (Å²) in [5.74, 6) is 1.74. The highest BCUT2D eigenvalue weighted by molar-refractivity contribution is 5.90. The number of aliphatic hydroxyl groups excluding tert-OH is 1. The molecule has 126 valence electrons. The van der Waals surface area contributed by atoms with Crippen molar-refractivity contribution in [3.63, 3.8) is 0 Å². The molecule has 4 saturated carbocycles.